The average Bonchev–Trinajstić information content (AvgIpc) is 3.21. The molecule has 0 bridgehead atoms. The Bertz CT molecular complexity index is 1220. The number of fused-ring (bicyclic) bond motifs is 1. The van der Waals surface area contributed by atoms with Gasteiger partial charge in [0.25, 0.3) is 0 Å². The van der Waals surface area contributed by atoms with Crippen molar-refractivity contribution in [2.24, 2.45) is 0 Å². The maximum Gasteiger partial charge on any atom is 0.416 e. The van der Waals surface area contributed by atoms with Crippen LogP contribution < -0.4 is 0 Å². The second-order valence-electron chi connectivity index (χ2n) is 9.41. The number of urea groups is 1. The monoisotopic (exact) mass is 565 g/mol. The molecule has 3 amide bonds. The second kappa shape index (κ2) is 9.94. The number of alkyl halides is 6. The molecule has 2 saturated heterocycles. The molecule has 13 heteroatoms. The lowest BCUT2D eigenvalue weighted by atomic mass is 9.93. The number of benzene rings is 2. The quantitative estimate of drug-likeness (QED) is 0.390. The van der Waals surface area contributed by atoms with Crippen LogP contribution in [0.1, 0.15) is 54.1 Å². The van der Waals surface area contributed by atoms with E-state index in [-0.39, 0.29) is 42.1 Å². The van der Waals surface area contributed by atoms with Gasteiger partial charge in [0, 0.05) is 31.6 Å². The summed E-state index contributed by atoms with van der Waals surface area (Å²) in [5.41, 5.74) is -2.94. The van der Waals surface area contributed by atoms with Crippen LogP contribution >= 0.6 is 11.6 Å². The van der Waals surface area contributed by atoms with Crippen LogP contribution in [0.5, 0.6) is 0 Å². The number of piperazine rings is 1. The van der Waals surface area contributed by atoms with E-state index in [0.717, 1.165) is 17.0 Å². The van der Waals surface area contributed by atoms with Crippen LogP contribution in [0.4, 0.5) is 35.5 Å². The maximum absolute atomic E-state index is 13.8. The molecule has 2 aromatic carbocycles. The number of nitrogens with zero attached hydrogens (tertiary/aromatic N) is 3. The van der Waals surface area contributed by atoms with E-state index >= 15 is 0 Å². The summed E-state index contributed by atoms with van der Waals surface area (Å²) >= 11 is 6.31. The highest BCUT2D eigenvalue weighted by molar-refractivity contribution is 6.31. The van der Waals surface area contributed by atoms with Gasteiger partial charge in [0.05, 0.1) is 29.3 Å². The van der Waals surface area contributed by atoms with Gasteiger partial charge in [-0.1, -0.05) is 17.7 Å². The van der Waals surface area contributed by atoms with Gasteiger partial charge < -0.3 is 14.7 Å². The molecule has 0 spiro atoms. The summed E-state index contributed by atoms with van der Waals surface area (Å²) in [5.74, 6) is -0.724. The number of hydrogen-bond donors (Lipinski definition) is 0. The fourth-order valence-corrected chi connectivity index (χ4v) is 5.36. The SMILES string of the molecule is C[C@H](c1cc(C(F)(F)F)cc(C(F)(F)F)c1)N(C)C(=O)N1CCN2C(=O)CCC2C1c1ccc(F)cc1Cl. The highest BCUT2D eigenvalue weighted by atomic mass is 35.5. The van der Waals surface area contributed by atoms with Gasteiger partial charge in [0.1, 0.15) is 5.82 Å². The Morgan fingerprint density at radius 3 is 2.18 bits per heavy atom. The smallest absolute Gasteiger partial charge is 0.335 e. The molecule has 206 valence electrons. The van der Waals surface area contributed by atoms with Crippen molar-refractivity contribution in [2.45, 2.75) is 50.2 Å². The molecule has 4 rings (SSSR count). The van der Waals surface area contributed by atoms with Crippen molar-refractivity contribution in [1.29, 1.82) is 0 Å². The fourth-order valence-electron chi connectivity index (χ4n) is 5.08. The standard InChI is InChI=1S/C25H23ClF7N3O2/c1-13(14-9-15(24(28,29)30)11-16(10-14)25(31,32)33)34(2)23(38)36-8-7-35-20(5-6-21(35)37)22(36)18-4-3-17(27)12-19(18)26/h3-4,9-13,20,22H,5-8H2,1-2H3/t13-,20?,22?/m1/s1. The molecule has 2 heterocycles. The van der Waals surface area contributed by atoms with E-state index in [1.165, 1.54) is 24.9 Å². The van der Waals surface area contributed by atoms with Crippen molar-refractivity contribution in [1.82, 2.24) is 14.7 Å². The zero-order valence-corrected chi connectivity index (χ0v) is 21.0. The van der Waals surface area contributed by atoms with Crippen molar-refractivity contribution >= 4 is 23.5 Å². The lowest BCUT2D eigenvalue weighted by Gasteiger charge is -2.46. The van der Waals surface area contributed by atoms with Crippen molar-refractivity contribution < 1.29 is 40.3 Å². The minimum absolute atomic E-state index is 0.0254. The van der Waals surface area contributed by atoms with Crippen LogP contribution in [-0.2, 0) is 17.1 Å². The van der Waals surface area contributed by atoms with Crippen LogP contribution in [0.25, 0.3) is 0 Å². The predicted molar refractivity (Wildman–Crippen MR) is 124 cm³/mol. The molecular weight excluding hydrogens is 543 g/mol. The molecule has 2 unspecified atom stereocenters. The van der Waals surface area contributed by atoms with E-state index in [1.807, 2.05) is 0 Å². The first-order chi connectivity index (χ1) is 17.6. The molecule has 0 saturated carbocycles. The third-order valence-electron chi connectivity index (χ3n) is 7.16. The highest BCUT2D eigenvalue weighted by Gasteiger charge is 2.47. The summed E-state index contributed by atoms with van der Waals surface area (Å²) in [6, 6.07) is 1.70. The Labute approximate surface area is 218 Å². The minimum atomic E-state index is -5.03. The number of carbonyl (C=O) groups excluding carboxylic acids is 2. The van der Waals surface area contributed by atoms with Crippen molar-refractivity contribution in [2.75, 3.05) is 20.1 Å². The molecule has 2 fully saturated rings. The van der Waals surface area contributed by atoms with E-state index in [2.05, 4.69) is 0 Å². The van der Waals surface area contributed by atoms with E-state index < -0.39 is 53.5 Å². The van der Waals surface area contributed by atoms with Gasteiger partial charge in [-0.05, 0) is 54.8 Å². The predicted octanol–water partition coefficient (Wildman–Crippen LogP) is 6.68. The summed E-state index contributed by atoms with van der Waals surface area (Å²) in [5, 5.41) is 0.0254. The minimum Gasteiger partial charge on any atom is -0.335 e. The zero-order valence-electron chi connectivity index (χ0n) is 20.2. The third kappa shape index (κ3) is 5.27. The summed E-state index contributed by atoms with van der Waals surface area (Å²) < 4.78 is 94.1. The maximum atomic E-state index is 13.8. The van der Waals surface area contributed by atoms with Gasteiger partial charge in [-0.15, -0.1) is 0 Å². The second-order valence-corrected chi connectivity index (χ2v) is 9.81. The summed E-state index contributed by atoms with van der Waals surface area (Å²) in [6.07, 6.45) is -9.44. The van der Waals surface area contributed by atoms with Crippen LogP contribution in [-0.4, -0.2) is 52.8 Å². The molecular formula is C25H23ClF7N3O2. The molecule has 0 aromatic heterocycles. The normalized spacial score (nSPS) is 20.9. The van der Waals surface area contributed by atoms with Gasteiger partial charge in [0.2, 0.25) is 5.91 Å². The Morgan fingerprint density at radius 2 is 1.63 bits per heavy atom. The molecule has 2 aliphatic rings. The highest BCUT2D eigenvalue weighted by Crippen LogP contribution is 2.42. The van der Waals surface area contributed by atoms with Crippen molar-refractivity contribution in [3.63, 3.8) is 0 Å². The Balaban J connectivity index is 1.70. The molecule has 0 aliphatic carbocycles. The number of carbonyl (C=O) groups is 2. The Hall–Kier alpha value is -3.02. The lowest BCUT2D eigenvalue weighted by molar-refractivity contribution is -0.143. The van der Waals surface area contributed by atoms with Gasteiger partial charge in [-0.25, -0.2) is 9.18 Å². The Morgan fingerprint density at radius 1 is 1.03 bits per heavy atom. The number of hydrogen-bond acceptors (Lipinski definition) is 2. The molecule has 2 aliphatic heterocycles. The van der Waals surface area contributed by atoms with Crippen molar-refractivity contribution in [3.8, 4) is 0 Å². The van der Waals surface area contributed by atoms with Gasteiger partial charge >= 0.3 is 18.4 Å². The largest absolute Gasteiger partial charge is 0.416 e. The van der Waals surface area contributed by atoms with E-state index in [1.54, 1.807) is 4.90 Å². The molecule has 2 aromatic rings. The lowest BCUT2D eigenvalue weighted by Crippen LogP contribution is -2.57. The molecule has 0 N–H and O–H groups in total. The van der Waals surface area contributed by atoms with E-state index in [4.69, 9.17) is 11.6 Å². The van der Waals surface area contributed by atoms with E-state index in [0.29, 0.717) is 24.1 Å². The average molecular weight is 566 g/mol. The molecule has 5 nitrogen and oxygen atoms in total. The molecule has 38 heavy (non-hydrogen) atoms. The number of rotatable bonds is 3. The van der Waals surface area contributed by atoms with Crippen molar-refractivity contribution in [3.05, 3.63) is 69.5 Å². The van der Waals surface area contributed by atoms with Gasteiger partial charge in [-0.3, -0.25) is 4.79 Å². The molecule has 0 radical (unpaired) electrons. The molecule has 3 atom stereocenters. The van der Waals surface area contributed by atoms with E-state index in [9.17, 15) is 40.3 Å². The first-order valence-electron chi connectivity index (χ1n) is 11.7. The summed E-state index contributed by atoms with van der Waals surface area (Å²) in [4.78, 5) is 30.1. The zero-order chi connectivity index (χ0) is 28.2. The van der Waals surface area contributed by atoms with Gasteiger partial charge in [-0.2, -0.15) is 26.3 Å². The Kier molecular flexibility index (Phi) is 7.32. The van der Waals surface area contributed by atoms with Crippen LogP contribution in [0.3, 0.4) is 0 Å². The van der Waals surface area contributed by atoms with Crippen LogP contribution in [0.2, 0.25) is 5.02 Å². The first-order valence-corrected chi connectivity index (χ1v) is 12.0. The first kappa shape index (κ1) is 28.0. The number of halogens is 8. The van der Waals surface area contributed by atoms with Gasteiger partial charge in [0.15, 0.2) is 0 Å². The number of amides is 3. The third-order valence-corrected chi connectivity index (χ3v) is 7.49. The topological polar surface area (TPSA) is 43.9 Å². The summed E-state index contributed by atoms with van der Waals surface area (Å²) in [7, 11) is 1.27. The summed E-state index contributed by atoms with van der Waals surface area (Å²) in [6.45, 7) is 1.55. The fraction of sp³-hybridized carbons (Fsp3) is 0.440. The van der Waals surface area contributed by atoms with Crippen LogP contribution in [0.15, 0.2) is 36.4 Å². The van der Waals surface area contributed by atoms with Crippen LogP contribution in [0, 0.1) is 5.82 Å².